The van der Waals surface area contributed by atoms with Gasteiger partial charge in [-0.25, -0.2) is 4.79 Å². The monoisotopic (exact) mass is 307 g/mol. The summed E-state index contributed by atoms with van der Waals surface area (Å²) in [5, 5.41) is 3.80. The van der Waals surface area contributed by atoms with Crippen molar-refractivity contribution in [3.63, 3.8) is 0 Å². The lowest BCUT2D eigenvalue weighted by molar-refractivity contribution is -0.140. The fourth-order valence-electron chi connectivity index (χ4n) is 2.76. The third-order valence-electron chi connectivity index (χ3n) is 4.14. The van der Waals surface area contributed by atoms with Gasteiger partial charge in [0.05, 0.1) is 12.1 Å². The van der Waals surface area contributed by atoms with Gasteiger partial charge < -0.3 is 4.84 Å². The molecule has 0 amide bonds. The Balaban J connectivity index is 1.68. The van der Waals surface area contributed by atoms with E-state index in [-0.39, 0.29) is 12.4 Å². The standard InChI is InChI=1S/C20H21NO2/c1-2-3-4-5-15-6-8-16(9-7-15)17-10-12-18(13-11-17)19-14-20(22)23-21-19/h6-13H,2-5,14H2,1H3. The summed E-state index contributed by atoms with van der Waals surface area (Å²) < 4.78 is 0. The second-order valence-corrected chi connectivity index (χ2v) is 5.91. The van der Waals surface area contributed by atoms with E-state index >= 15 is 0 Å². The largest absolute Gasteiger partial charge is 0.341 e. The molecule has 0 atom stereocenters. The molecule has 3 heteroatoms. The van der Waals surface area contributed by atoms with Crippen LogP contribution in [0.4, 0.5) is 0 Å². The Hall–Kier alpha value is -2.42. The summed E-state index contributed by atoms with van der Waals surface area (Å²) in [4.78, 5) is 15.7. The zero-order valence-corrected chi connectivity index (χ0v) is 13.4. The molecule has 3 nitrogen and oxygen atoms in total. The van der Waals surface area contributed by atoms with Gasteiger partial charge in [-0.1, -0.05) is 73.5 Å². The summed E-state index contributed by atoms with van der Waals surface area (Å²) in [6, 6.07) is 16.9. The molecule has 0 unspecified atom stereocenters. The van der Waals surface area contributed by atoms with Gasteiger partial charge in [0, 0.05) is 0 Å². The van der Waals surface area contributed by atoms with Crippen LogP contribution in [0, 0.1) is 0 Å². The SMILES string of the molecule is CCCCCc1ccc(-c2ccc(C3=NOC(=O)C3)cc2)cc1. The summed E-state index contributed by atoms with van der Waals surface area (Å²) in [6.07, 6.45) is 5.21. The zero-order chi connectivity index (χ0) is 16.1. The van der Waals surface area contributed by atoms with Crippen LogP contribution in [0.5, 0.6) is 0 Å². The molecule has 118 valence electrons. The fraction of sp³-hybridized carbons (Fsp3) is 0.300. The minimum absolute atomic E-state index is 0.256. The third kappa shape index (κ3) is 3.86. The lowest BCUT2D eigenvalue weighted by Crippen LogP contribution is -2.00. The van der Waals surface area contributed by atoms with E-state index in [1.807, 2.05) is 12.1 Å². The van der Waals surface area contributed by atoms with Crippen molar-refractivity contribution in [1.82, 2.24) is 0 Å². The zero-order valence-electron chi connectivity index (χ0n) is 13.4. The van der Waals surface area contributed by atoms with Crippen molar-refractivity contribution in [2.75, 3.05) is 0 Å². The molecule has 0 aromatic heterocycles. The van der Waals surface area contributed by atoms with Crippen LogP contribution in [0.3, 0.4) is 0 Å². The summed E-state index contributed by atoms with van der Waals surface area (Å²) >= 11 is 0. The molecular weight excluding hydrogens is 286 g/mol. The van der Waals surface area contributed by atoms with Gasteiger partial charge in [-0.2, -0.15) is 0 Å². The predicted octanol–water partition coefficient (Wildman–Crippen LogP) is 4.74. The number of benzene rings is 2. The molecule has 0 saturated carbocycles. The molecular formula is C20H21NO2. The number of unbranched alkanes of at least 4 members (excludes halogenated alkanes) is 2. The molecule has 0 spiro atoms. The Morgan fingerprint density at radius 3 is 2.09 bits per heavy atom. The van der Waals surface area contributed by atoms with Crippen LogP contribution in [0.15, 0.2) is 53.7 Å². The smallest absolute Gasteiger partial charge is 0.318 e. The Morgan fingerprint density at radius 1 is 0.913 bits per heavy atom. The predicted molar refractivity (Wildman–Crippen MR) is 92.4 cm³/mol. The van der Waals surface area contributed by atoms with E-state index in [1.54, 1.807) is 0 Å². The van der Waals surface area contributed by atoms with E-state index in [1.165, 1.54) is 36.0 Å². The maximum atomic E-state index is 11.1. The lowest BCUT2D eigenvalue weighted by atomic mass is 9.99. The van der Waals surface area contributed by atoms with Crippen molar-refractivity contribution in [2.24, 2.45) is 5.16 Å². The van der Waals surface area contributed by atoms with Gasteiger partial charge in [0.15, 0.2) is 0 Å². The van der Waals surface area contributed by atoms with E-state index in [4.69, 9.17) is 0 Å². The number of carbonyl (C=O) groups excluding carboxylic acids is 1. The molecule has 1 heterocycles. The second kappa shape index (κ2) is 7.23. The molecule has 1 aliphatic heterocycles. The van der Waals surface area contributed by atoms with Crippen LogP contribution in [0.2, 0.25) is 0 Å². The van der Waals surface area contributed by atoms with Crippen LogP contribution >= 0.6 is 0 Å². The van der Waals surface area contributed by atoms with Crippen LogP contribution in [-0.2, 0) is 16.1 Å². The number of oxime groups is 1. The minimum Gasteiger partial charge on any atom is -0.318 e. The van der Waals surface area contributed by atoms with Gasteiger partial charge in [0.2, 0.25) is 0 Å². The maximum Gasteiger partial charge on any atom is 0.341 e. The summed E-state index contributed by atoms with van der Waals surface area (Å²) in [5.41, 5.74) is 5.41. The fourth-order valence-corrected chi connectivity index (χ4v) is 2.76. The van der Waals surface area contributed by atoms with E-state index in [0.29, 0.717) is 5.71 Å². The van der Waals surface area contributed by atoms with Crippen molar-refractivity contribution in [3.05, 3.63) is 59.7 Å². The quantitative estimate of drug-likeness (QED) is 0.571. The average molecular weight is 307 g/mol. The minimum atomic E-state index is -0.289. The Bertz CT molecular complexity index is 699. The number of nitrogens with zero attached hydrogens (tertiary/aromatic N) is 1. The summed E-state index contributed by atoms with van der Waals surface area (Å²) in [6.45, 7) is 2.23. The van der Waals surface area contributed by atoms with Crippen LogP contribution in [0.1, 0.15) is 43.7 Å². The topological polar surface area (TPSA) is 38.7 Å². The number of rotatable bonds is 6. The summed E-state index contributed by atoms with van der Waals surface area (Å²) in [7, 11) is 0. The van der Waals surface area contributed by atoms with Gasteiger partial charge in [-0.05, 0) is 35.1 Å². The van der Waals surface area contributed by atoms with Gasteiger partial charge >= 0.3 is 5.97 Å². The molecule has 0 N–H and O–H groups in total. The molecule has 2 aromatic carbocycles. The molecule has 0 saturated heterocycles. The van der Waals surface area contributed by atoms with Crippen LogP contribution in [-0.4, -0.2) is 11.7 Å². The highest BCUT2D eigenvalue weighted by Crippen LogP contribution is 2.22. The van der Waals surface area contributed by atoms with Crippen molar-refractivity contribution < 1.29 is 9.63 Å². The normalized spacial score (nSPS) is 13.8. The molecule has 0 fully saturated rings. The van der Waals surface area contributed by atoms with E-state index in [0.717, 1.165) is 12.0 Å². The van der Waals surface area contributed by atoms with Gasteiger partial charge in [0.25, 0.3) is 0 Å². The number of aryl methyl sites for hydroxylation is 1. The highest BCUT2D eigenvalue weighted by Gasteiger charge is 2.18. The maximum absolute atomic E-state index is 11.1. The molecule has 2 aromatic rings. The number of hydrogen-bond acceptors (Lipinski definition) is 3. The lowest BCUT2D eigenvalue weighted by Gasteiger charge is -2.06. The van der Waals surface area contributed by atoms with E-state index in [9.17, 15) is 4.79 Å². The van der Waals surface area contributed by atoms with Crippen molar-refractivity contribution in [3.8, 4) is 11.1 Å². The molecule has 0 radical (unpaired) electrons. The average Bonchev–Trinajstić information content (AvgIpc) is 3.02. The van der Waals surface area contributed by atoms with Gasteiger partial charge in [-0.3, -0.25) is 0 Å². The first-order chi connectivity index (χ1) is 11.3. The van der Waals surface area contributed by atoms with Gasteiger partial charge in [0.1, 0.15) is 0 Å². The van der Waals surface area contributed by atoms with E-state index < -0.39 is 0 Å². The Kier molecular flexibility index (Phi) is 4.86. The first kappa shape index (κ1) is 15.5. The molecule has 0 aliphatic carbocycles. The van der Waals surface area contributed by atoms with Crippen LogP contribution in [0.25, 0.3) is 11.1 Å². The highest BCUT2D eigenvalue weighted by atomic mass is 16.7. The third-order valence-corrected chi connectivity index (χ3v) is 4.14. The molecule has 1 aliphatic rings. The van der Waals surface area contributed by atoms with Crippen LogP contribution < -0.4 is 0 Å². The van der Waals surface area contributed by atoms with Crippen molar-refractivity contribution in [2.45, 2.75) is 39.0 Å². The highest BCUT2D eigenvalue weighted by molar-refractivity contribution is 6.11. The first-order valence-electron chi connectivity index (χ1n) is 8.22. The number of carbonyl (C=O) groups is 1. The Morgan fingerprint density at radius 2 is 1.52 bits per heavy atom. The molecule has 0 bridgehead atoms. The second-order valence-electron chi connectivity index (χ2n) is 5.91. The molecule has 3 rings (SSSR count). The Labute approximate surface area is 137 Å². The van der Waals surface area contributed by atoms with Crippen molar-refractivity contribution in [1.29, 1.82) is 0 Å². The van der Waals surface area contributed by atoms with E-state index in [2.05, 4.69) is 53.3 Å². The number of hydrogen-bond donors (Lipinski definition) is 0. The molecule has 23 heavy (non-hydrogen) atoms. The first-order valence-corrected chi connectivity index (χ1v) is 8.22. The van der Waals surface area contributed by atoms with Crippen molar-refractivity contribution >= 4 is 11.7 Å². The summed E-state index contributed by atoms with van der Waals surface area (Å²) in [5.74, 6) is -0.289. The van der Waals surface area contributed by atoms with Gasteiger partial charge in [-0.15, -0.1) is 0 Å².